The van der Waals surface area contributed by atoms with Crippen molar-refractivity contribution < 1.29 is 9.90 Å². The summed E-state index contributed by atoms with van der Waals surface area (Å²) < 4.78 is 0. The number of nitrogens with one attached hydrogen (secondary N) is 2. The average molecular weight is 380 g/mol. The quantitative estimate of drug-likeness (QED) is 0.692. The van der Waals surface area contributed by atoms with Crippen molar-refractivity contribution in [3.8, 4) is 0 Å². The molecular formula is C23H29N3O2. The van der Waals surface area contributed by atoms with Crippen LogP contribution in [0.4, 0.5) is 5.69 Å². The fourth-order valence-corrected chi connectivity index (χ4v) is 3.72. The number of nitrogens with zero attached hydrogens (tertiary/aromatic N) is 1. The number of carbonyl (C=O) groups excluding carboxylic acids is 1. The molecule has 2 fully saturated rings. The van der Waals surface area contributed by atoms with Crippen molar-refractivity contribution in [2.75, 3.05) is 18.4 Å². The van der Waals surface area contributed by atoms with E-state index in [2.05, 4.69) is 27.7 Å². The van der Waals surface area contributed by atoms with E-state index in [9.17, 15) is 9.90 Å². The summed E-state index contributed by atoms with van der Waals surface area (Å²) in [5, 5.41) is 16.3. The lowest BCUT2D eigenvalue weighted by atomic mass is 10.0. The Morgan fingerprint density at radius 2 is 1.79 bits per heavy atom. The van der Waals surface area contributed by atoms with Crippen LogP contribution in [0.3, 0.4) is 0 Å². The van der Waals surface area contributed by atoms with Gasteiger partial charge in [0.1, 0.15) is 6.04 Å². The number of anilines is 1. The molecule has 4 rings (SSSR count). The number of likely N-dealkylation sites (tertiary alicyclic amines) is 1. The summed E-state index contributed by atoms with van der Waals surface area (Å²) >= 11 is 0. The highest BCUT2D eigenvalue weighted by atomic mass is 16.3. The predicted octanol–water partition coefficient (Wildman–Crippen LogP) is 3.08. The second-order valence-electron chi connectivity index (χ2n) is 7.98. The summed E-state index contributed by atoms with van der Waals surface area (Å²) in [5.41, 5.74) is 3.14. The van der Waals surface area contributed by atoms with E-state index in [4.69, 9.17) is 0 Å². The Bertz CT molecular complexity index is 783. The van der Waals surface area contributed by atoms with E-state index in [0.29, 0.717) is 6.04 Å². The van der Waals surface area contributed by atoms with Crippen LogP contribution in [-0.2, 0) is 11.3 Å². The van der Waals surface area contributed by atoms with Crippen molar-refractivity contribution in [3.05, 3.63) is 65.7 Å². The molecule has 28 heavy (non-hydrogen) atoms. The Labute approximate surface area is 166 Å². The van der Waals surface area contributed by atoms with Gasteiger partial charge in [0.2, 0.25) is 5.91 Å². The fourth-order valence-electron chi connectivity index (χ4n) is 3.72. The number of aliphatic hydroxyl groups is 1. The molecule has 1 atom stereocenters. The largest absolute Gasteiger partial charge is 0.393 e. The van der Waals surface area contributed by atoms with Crippen molar-refractivity contribution in [2.45, 2.75) is 50.4 Å². The standard InChI is InChI=1S/C23H29N3O2/c27-21-11-13-26(14-12-21)16-17-5-4-8-20(15-17)24-22(18-6-2-1-3-7-18)23(28)25-19-9-10-19/h1-8,15,19,21-22,24,27H,9-14,16H2,(H,25,28). The summed E-state index contributed by atoms with van der Waals surface area (Å²) in [7, 11) is 0. The first-order chi connectivity index (χ1) is 13.7. The molecule has 1 saturated carbocycles. The summed E-state index contributed by atoms with van der Waals surface area (Å²) in [6.07, 6.45) is 3.69. The maximum absolute atomic E-state index is 12.8. The van der Waals surface area contributed by atoms with E-state index >= 15 is 0 Å². The van der Waals surface area contributed by atoms with E-state index in [0.717, 1.165) is 56.6 Å². The van der Waals surface area contributed by atoms with Crippen LogP contribution in [0, 0.1) is 0 Å². The Balaban J connectivity index is 1.46. The van der Waals surface area contributed by atoms with E-state index in [1.165, 1.54) is 5.56 Å². The minimum atomic E-state index is -0.401. The number of hydrogen-bond acceptors (Lipinski definition) is 4. The van der Waals surface area contributed by atoms with Crippen LogP contribution in [-0.4, -0.2) is 41.1 Å². The summed E-state index contributed by atoms with van der Waals surface area (Å²) in [5.74, 6) is 0.0316. The Hall–Kier alpha value is -2.37. The van der Waals surface area contributed by atoms with Gasteiger partial charge in [-0.15, -0.1) is 0 Å². The monoisotopic (exact) mass is 379 g/mol. The van der Waals surface area contributed by atoms with Crippen LogP contribution in [0.1, 0.15) is 42.9 Å². The van der Waals surface area contributed by atoms with Crippen molar-refractivity contribution in [1.82, 2.24) is 10.2 Å². The number of carbonyl (C=O) groups is 1. The first kappa shape index (κ1) is 19.0. The van der Waals surface area contributed by atoms with Gasteiger partial charge in [0.05, 0.1) is 6.10 Å². The van der Waals surface area contributed by atoms with Gasteiger partial charge in [-0.05, 0) is 48.9 Å². The van der Waals surface area contributed by atoms with Crippen molar-refractivity contribution in [3.63, 3.8) is 0 Å². The number of benzene rings is 2. The van der Waals surface area contributed by atoms with Gasteiger partial charge in [-0.3, -0.25) is 9.69 Å². The minimum absolute atomic E-state index is 0.0316. The Morgan fingerprint density at radius 3 is 2.50 bits per heavy atom. The molecule has 0 spiro atoms. The van der Waals surface area contributed by atoms with E-state index in [-0.39, 0.29) is 12.0 Å². The molecule has 2 aliphatic rings. The first-order valence-corrected chi connectivity index (χ1v) is 10.3. The maximum Gasteiger partial charge on any atom is 0.247 e. The van der Waals surface area contributed by atoms with Crippen LogP contribution in [0.2, 0.25) is 0 Å². The van der Waals surface area contributed by atoms with Gasteiger partial charge in [0.25, 0.3) is 0 Å². The van der Waals surface area contributed by atoms with Gasteiger partial charge in [-0.1, -0.05) is 42.5 Å². The molecule has 0 radical (unpaired) electrons. The third-order valence-electron chi connectivity index (χ3n) is 5.52. The van der Waals surface area contributed by atoms with Crippen LogP contribution in [0.25, 0.3) is 0 Å². The molecule has 148 valence electrons. The van der Waals surface area contributed by atoms with E-state index < -0.39 is 6.04 Å². The van der Waals surface area contributed by atoms with Crippen LogP contribution in [0.5, 0.6) is 0 Å². The molecule has 5 nitrogen and oxygen atoms in total. The second kappa shape index (κ2) is 8.76. The van der Waals surface area contributed by atoms with Crippen LogP contribution >= 0.6 is 0 Å². The van der Waals surface area contributed by atoms with Crippen molar-refractivity contribution in [2.24, 2.45) is 0 Å². The lowest BCUT2D eigenvalue weighted by Gasteiger charge is -2.29. The van der Waals surface area contributed by atoms with Gasteiger partial charge >= 0.3 is 0 Å². The topological polar surface area (TPSA) is 64.6 Å². The molecule has 5 heteroatoms. The van der Waals surface area contributed by atoms with Crippen LogP contribution in [0.15, 0.2) is 54.6 Å². The molecule has 1 unspecified atom stereocenters. The highest BCUT2D eigenvalue weighted by Crippen LogP contribution is 2.25. The second-order valence-corrected chi connectivity index (χ2v) is 7.98. The van der Waals surface area contributed by atoms with Gasteiger partial charge in [-0.2, -0.15) is 0 Å². The van der Waals surface area contributed by atoms with Crippen molar-refractivity contribution in [1.29, 1.82) is 0 Å². The molecule has 0 bridgehead atoms. The predicted molar refractivity (Wildman–Crippen MR) is 111 cm³/mol. The molecule has 0 aromatic heterocycles. The molecule has 1 saturated heterocycles. The summed E-state index contributed by atoms with van der Waals surface area (Å²) in [6, 6.07) is 18.1. The third kappa shape index (κ3) is 5.12. The Morgan fingerprint density at radius 1 is 1.04 bits per heavy atom. The molecule has 1 aliphatic carbocycles. The molecule has 3 N–H and O–H groups in total. The zero-order valence-electron chi connectivity index (χ0n) is 16.2. The van der Waals surface area contributed by atoms with E-state index in [1.54, 1.807) is 0 Å². The molecule has 2 aromatic rings. The maximum atomic E-state index is 12.8. The molecule has 1 heterocycles. The number of piperidine rings is 1. The normalized spacial score (nSPS) is 19.2. The number of aliphatic hydroxyl groups excluding tert-OH is 1. The van der Waals surface area contributed by atoms with Gasteiger partial charge in [0, 0.05) is 31.4 Å². The zero-order chi connectivity index (χ0) is 19.3. The zero-order valence-corrected chi connectivity index (χ0v) is 16.2. The lowest BCUT2D eigenvalue weighted by Crippen LogP contribution is -2.35. The third-order valence-corrected chi connectivity index (χ3v) is 5.52. The highest BCUT2D eigenvalue weighted by molar-refractivity contribution is 5.86. The van der Waals surface area contributed by atoms with Crippen LogP contribution < -0.4 is 10.6 Å². The van der Waals surface area contributed by atoms with Gasteiger partial charge < -0.3 is 15.7 Å². The van der Waals surface area contributed by atoms with Gasteiger partial charge in [-0.25, -0.2) is 0 Å². The fraction of sp³-hybridized carbons (Fsp3) is 0.435. The highest BCUT2D eigenvalue weighted by Gasteiger charge is 2.28. The van der Waals surface area contributed by atoms with Gasteiger partial charge in [0.15, 0.2) is 0 Å². The van der Waals surface area contributed by atoms with Crippen molar-refractivity contribution >= 4 is 11.6 Å². The molecular weight excluding hydrogens is 350 g/mol. The SMILES string of the molecule is O=C(NC1CC1)C(Nc1cccc(CN2CCC(O)CC2)c1)c1ccccc1. The number of amides is 1. The first-order valence-electron chi connectivity index (χ1n) is 10.3. The molecule has 1 amide bonds. The minimum Gasteiger partial charge on any atom is -0.393 e. The molecule has 2 aromatic carbocycles. The number of hydrogen-bond donors (Lipinski definition) is 3. The summed E-state index contributed by atoms with van der Waals surface area (Å²) in [6.45, 7) is 2.72. The number of rotatable bonds is 7. The summed E-state index contributed by atoms with van der Waals surface area (Å²) in [4.78, 5) is 15.2. The lowest BCUT2D eigenvalue weighted by molar-refractivity contribution is -0.122. The Kier molecular flexibility index (Phi) is 5.93. The van der Waals surface area contributed by atoms with E-state index in [1.807, 2.05) is 42.5 Å². The average Bonchev–Trinajstić information content (AvgIpc) is 3.53. The smallest absolute Gasteiger partial charge is 0.247 e. The molecule has 1 aliphatic heterocycles.